The first-order valence-corrected chi connectivity index (χ1v) is 7.23. The maximum absolute atomic E-state index is 5.88. The van der Waals surface area contributed by atoms with Crippen molar-refractivity contribution in [2.24, 2.45) is 0 Å². The second kappa shape index (κ2) is 7.12. The van der Waals surface area contributed by atoms with E-state index in [4.69, 9.17) is 9.47 Å². The predicted molar refractivity (Wildman–Crippen MR) is 76.2 cm³/mol. The molecule has 1 aliphatic heterocycles. The van der Waals surface area contributed by atoms with Crippen molar-refractivity contribution in [1.29, 1.82) is 0 Å². The van der Waals surface area contributed by atoms with Crippen molar-refractivity contribution >= 4 is 15.9 Å². The van der Waals surface area contributed by atoms with Crippen molar-refractivity contribution in [3.63, 3.8) is 0 Å². The quantitative estimate of drug-likeness (QED) is 0.785. The lowest BCUT2D eigenvalue weighted by Crippen LogP contribution is -2.30. The summed E-state index contributed by atoms with van der Waals surface area (Å²) in [6.07, 6.45) is 3.54. The number of halogens is 1. The maximum atomic E-state index is 5.88. The molecule has 0 fully saturated rings. The molecule has 0 amide bonds. The van der Waals surface area contributed by atoms with E-state index in [-0.39, 0.29) is 6.10 Å². The molecule has 1 aromatic carbocycles. The van der Waals surface area contributed by atoms with Crippen molar-refractivity contribution in [3.05, 3.63) is 28.2 Å². The molecule has 0 aromatic heterocycles. The molecule has 1 N–H and O–H groups in total. The van der Waals surface area contributed by atoms with Gasteiger partial charge in [0, 0.05) is 31.2 Å². The molecule has 0 saturated heterocycles. The van der Waals surface area contributed by atoms with Gasteiger partial charge in [0.25, 0.3) is 0 Å². The fourth-order valence-corrected chi connectivity index (χ4v) is 2.57. The molecule has 0 aliphatic carbocycles. The van der Waals surface area contributed by atoms with E-state index in [2.05, 4.69) is 27.3 Å². The molecular formula is C14H20BrNO2. The highest BCUT2D eigenvalue weighted by Gasteiger charge is 2.22. The summed E-state index contributed by atoms with van der Waals surface area (Å²) in [5.74, 6) is 1.03. The molecule has 3 nitrogen and oxygen atoms in total. The number of hydrogen-bond donors (Lipinski definition) is 1. The van der Waals surface area contributed by atoms with E-state index >= 15 is 0 Å². The molecule has 100 valence electrons. The van der Waals surface area contributed by atoms with Crippen LogP contribution < -0.4 is 10.1 Å². The monoisotopic (exact) mass is 313 g/mol. The molecule has 0 spiro atoms. The van der Waals surface area contributed by atoms with Crippen molar-refractivity contribution < 1.29 is 9.47 Å². The van der Waals surface area contributed by atoms with Crippen LogP contribution in [0.25, 0.3) is 0 Å². The maximum Gasteiger partial charge on any atom is 0.123 e. The molecule has 18 heavy (non-hydrogen) atoms. The molecule has 1 heterocycles. The lowest BCUT2D eigenvalue weighted by Gasteiger charge is -2.11. The highest BCUT2D eigenvalue weighted by Crippen LogP contribution is 2.30. The van der Waals surface area contributed by atoms with Crippen LogP contribution in [0.4, 0.5) is 0 Å². The lowest BCUT2D eigenvalue weighted by molar-refractivity contribution is 0.191. The summed E-state index contributed by atoms with van der Waals surface area (Å²) in [5, 5.41) is 3.44. The van der Waals surface area contributed by atoms with Gasteiger partial charge in [-0.2, -0.15) is 0 Å². The third-order valence-electron chi connectivity index (χ3n) is 3.09. The van der Waals surface area contributed by atoms with E-state index in [0.717, 1.165) is 49.2 Å². The number of hydrogen-bond acceptors (Lipinski definition) is 3. The van der Waals surface area contributed by atoms with Gasteiger partial charge in [-0.25, -0.2) is 0 Å². The zero-order valence-electron chi connectivity index (χ0n) is 10.7. The first-order chi connectivity index (χ1) is 8.79. The fraction of sp³-hybridized carbons (Fsp3) is 0.571. The molecule has 2 rings (SSSR count). The average Bonchev–Trinajstić information content (AvgIpc) is 2.75. The molecule has 4 heteroatoms. The van der Waals surface area contributed by atoms with E-state index in [1.54, 1.807) is 7.11 Å². The SMILES string of the molecule is COCCCCNCC1Cc2cc(Br)ccc2O1. The van der Waals surface area contributed by atoms with E-state index < -0.39 is 0 Å². The summed E-state index contributed by atoms with van der Waals surface area (Å²) in [6.45, 7) is 2.80. The number of ether oxygens (including phenoxy) is 2. The normalized spacial score (nSPS) is 17.6. The van der Waals surface area contributed by atoms with Gasteiger partial charge in [0.1, 0.15) is 11.9 Å². The second-order valence-electron chi connectivity index (χ2n) is 4.60. The smallest absolute Gasteiger partial charge is 0.123 e. The van der Waals surface area contributed by atoms with Crippen molar-refractivity contribution in [2.45, 2.75) is 25.4 Å². The second-order valence-corrected chi connectivity index (χ2v) is 5.52. The number of nitrogens with one attached hydrogen (secondary N) is 1. The number of rotatable bonds is 7. The Hall–Kier alpha value is -0.580. The summed E-state index contributed by atoms with van der Waals surface area (Å²) < 4.78 is 12.0. The summed E-state index contributed by atoms with van der Waals surface area (Å²) in [4.78, 5) is 0. The molecule has 1 aromatic rings. The van der Waals surface area contributed by atoms with Crippen molar-refractivity contribution in [1.82, 2.24) is 5.32 Å². The Kier molecular flexibility index (Phi) is 5.47. The van der Waals surface area contributed by atoms with Crippen LogP contribution in [0.5, 0.6) is 5.75 Å². The highest BCUT2D eigenvalue weighted by molar-refractivity contribution is 9.10. The molecule has 0 radical (unpaired) electrons. The summed E-state index contributed by atoms with van der Waals surface area (Å²) in [6, 6.07) is 6.21. The van der Waals surface area contributed by atoms with Crippen LogP contribution in [0.3, 0.4) is 0 Å². The summed E-state index contributed by atoms with van der Waals surface area (Å²) >= 11 is 3.49. The van der Waals surface area contributed by atoms with Crippen LogP contribution in [-0.2, 0) is 11.2 Å². The van der Waals surface area contributed by atoms with Crippen LogP contribution in [0.1, 0.15) is 18.4 Å². The zero-order chi connectivity index (χ0) is 12.8. The average molecular weight is 314 g/mol. The number of methoxy groups -OCH3 is 1. The first kappa shape index (κ1) is 13.8. The standard InChI is InChI=1S/C14H20BrNO2/c1-17-7-3-2-6-16-10-13-9-11-8-12(15)4-5-14(11)18-13/h4-5,8,13,16H,2-3,6-7,9-10H2,1H3. The largest absolute Gasteiger partial charge is 0.488 e. The van der Waals surface area contributed by atoms with Gasteiger partial charge >= 0.3 is 0 Å². The molecule has 1 atom stereocenters. The summed E-state index contributed by atoms with van der Waals surface area (Å²) in [5.41, 5.74) is 1.30. The Bertz CT molecular complexity index is 384. The van der Waals surface area contributed by atoms with Crippen molar-refractivity contribution in [3.8, 4) is 5.75 Å². The Labute approximate surface area is 117 Å². The van der Waals surface area contributed by atoms with Crippen molar-refractivity contribution in [2.75, 3.05) is 26.8 Å². The third kappa shape index (κ3) is 3.97. The molecule has 0 bridgehead atoms. The Balaban J connectivity index is 1.65. The Morgan fingerprint density at radius 2 is 2.33 bits per heavy atom. The summed E-state index contributed by atoms with van der Waals surface area (Å²) in [7, 11) is 1.75. The first-order valence-electron chi connectivity index (χ1n) is 6.44. The van der Waals surface area contributed by atoms with Gasteiger partial charge in [-0.1, -0.05) is 15.9 Å². The van der Waals surface area contributed by atoms with Gasteiger partial charge in [-0.3, -0.25) is 0 Å². The Morgan fingerprint density at radius 3 is 3.17 bits per heavy atom. The van der Waals surface area contributed by atoms with Crippen LogP contribution in [0, 0.1) is 0 Å². The molecular weight excluding hydrogens is 294 g/mol. The van der Waals surface area contributed by atoms with E-state index in [9.17, 15) is 0 Å². The number of benzene rings is 1. The Morgan fingerprint density at radius 1 is 1.44 bits per heavy atom. The van der Waals surface area contributed by atoms with Gasteiger partial charge in [0.05, 0.1) is 0 Å². The van der Waals surface area contributed by atoms with Crippen LogP contribution >= 0.6 is 15.9 Å². The van der Waals surface area contributed by atoms with E-state index in [1.165, 1.54) is 5.56 Å². The van der Waals surface area contributed by atoms with Crippen LogP contribution in [-0.4, -0.2) is 32.9 Å². The molecule has 1 unspecified atom stereocenters. The van der Waals surface area contributed by atoms with Gasteiger partial charge in [0.15, 0.2) is 0 Å². The predicted octanol–water partition coefficient (Wildman–Crippen LogP) is 2.77. The highest BCUT2D eigenvalue weighted by atomic mass is 79.9. The zero-order valence-corrected chi connectivity index (χ0v) is 12.3. The van der Waals surface area contributed by atoms with Crippen LogP contribution in [0.15, 0.2) is 22.7 Å². The third-order valence-corrected chi connectivity index (χ3v) is 3.58. The fourth-order valence-electron chi connectivity index (χ4n) is 2.16. The van der Waals surface area contributed by atoms with Crippen LogP contribution in [0.2, 0.25) is 0 Å². The molecule has 0 saturated carbocycles. The molecule has 1 aliphatic rings. The minimum absolute atomic E-state index is 0.275. The minimum Gasteiger partial charge on any atom is -0.488 e. The number of unbranched alkanes of at least 4 members (excludes halogenated alkanes) is 1. The van der Waals surface area contributed by atoms with Gasteiger partial charge in [-0.15, -0.1) is 0 Å². The number of fused-ring (bicyclic) bond motifs is 1. The minimum atomic E-state index is 0.275. The van der Waals surface area contributed by atoms with Gasteiger partial charge in [0.2, 0.25) is 0 Å². The van der Waals surface area contributed by atoms with Gasteiger partial charge in [-0.05, 0) is 43.1 Å². The van der Waals surface area contributed by atoms with E-state index in [1.807, 2.05) is 12.1 Å². The topological polar surface area (TPSA) is 30.5 Å². The lowest BCUT2D eigenvalue weighted by atomic mass is 10.1. The van der Waals surface area contributed by atoms with Gasteiger partial charge < -0.3 is 14.8 Å². The van der Waals surface area contributed by atoms with E-state index in [0.29, 0.717) is 0 Å².